The van der Waals surface area contributed by atoms with Crippen molar-refractivity contribution in [3.8, 4) is 0 Å². The van der Waals surface area contributed by atoms with Gasteiger partial charge in [0.15, 0.2) is 0 Å². The van der Waals surface area contributed by atoms with Gasteiger partial charge in [0.2, 0.25) is 0 Å². The third-order valence-electron chi connectivity index (χ3n) is 2.88. The molecular weight excluding hydrogens is 216 g/mol. The first kappa shape index (κ1) is 11.5. The second kappa shape index (κ2) is 5.39. The second-order valence-electron chi connectivity index (χ2n) is 4.24. The highest BCUT2D eigenvalue weighted by Gasteiger charge is 2.11. The Labute approximate surface area is 102 Å². The number of nitrogens with one attached hydrogen (secondary N) is 2. The lowest BCUT2D eigenvalue weighted by atomic mass is 10.1. The van der Waals surface area contributed by atoms with Gasteiger partial charge in [-0.05, 0) is 42.3 Å². The van der Waals surface area contributed by atoms with Crippen LogP contribution < -0.4 is 10.3 Å². The Morgan fingerprint density at radius 2 is 2.19 bits per heavy atom. The average Bonchev–Trinajstić information content (AvgIpc) is 2.32. The van der Waals surface area contributed by atoms with Gasteiger partial charge in [0, 0.05) is 12.2 Å². The van der Waals surface area contributed by atoms with Crippen molar-refractivity contribution in [1.29, 1.82) is 0 Å². The SMILES string of the molecule is Cc1ccc(CSC2=[NH+]CCCN2)cc1C. The van der Waals surface area contributed by atoms with Crippen molar-refractivity contribution in [2.75, 3.05) is 13.1 Å². The fraction of sp³-hybridized carbons (Fsp3) is 0.462. The first-order valence-electron chi connectivity index (χ1n) is 5.79. The van der Waals surface area contributed by atoms with Crippen molar-refractivity contribution in [2.45, 2.75) is 26.0 Å². The topological polar surface area (TPSA) is 26.0 Å². The highest BCUT2D eigenvalue weighted by atomic mass is 32.2. The zero-order chi connectivity index (χ0) is 11.4. The van der Waals surface area contributed by atoms with Gasteiger partial charge < -0.3 is 0 Å². The molecule has 0 atom stereocenters. The Morgan fingerprint density at radius 1 is 1.31 bits per heavy atom. The quantitative estimate of drug-likeness (QED) is 0.799. The largest absolute Gasteiger partial charge is 0.304 e. The van der Waals surface area contributed by atoms with Crippen molar-refractivity contribution >= 4 is 16.9 Å². The van der Waals surface area contributed by atoms with Crippen LogP contribution in [0.2, 0.25) is 0 Å². The molecule has 0 spiro atoms. The minimum atomic E-state index is 1.04. The predicted octanol–water partition coefficient (Wildman–Crippen LogP) is 0.967. The molecule has 0 unspecified atom stereocenters. The number of rotatable bonds is 2. The van der Waals surface area contributed by atoms with Crippen LogP contribution in [0.15, 0.2) is 18.2 Å². The van der Waals surface area contributed by atoms with Gasteiger partial charge in [-0.3, -0.25) is 10.3 Å². The molecule has 16 heavy (non-hydrogen) atoms. The van der Waals surface area contributed by atoms with Gasteiger partial charge in [-0.25, -0.2) is 0 Å². The fourth-order valence-corrected chi connectivity index (χ4v) is 2.60. The average molecular weight is 235 g/mol. The van der Waals surface area contributed by atoms with E-state index in [1.54, 1.807) is 0 Å². The monoisotopic (exact) mass is 235 g/mol. The highest BCUT2D eigenvalue weighted by molar-refractivity contribution is 8.12. The number of aryl methyl sites for hydroxylation is 2. The van der Waals surface area contributed by atoms with Gasteiger partial charge in [0.1, 0.15) is 0 Å². The Bertz CT molecular complexity index is 399. The molecule has 0 bridgehead atoms. The summed E-state index contributed by atoms with van der Waals surface area (Å²) in [6.45, 7) is 6.53. The van der Waals surface area contributed by atoms with Crippen LogP contribution in [0.1, 0.15) is 23.1 Å². The predicted molar refractivity (Wildman–Crippen MR) is 70.7 cm³/mol. The third kappa shape index (κ3) is 3.01. The second-order valence-corrected chi connectivity index (χ2v) is 5.23. The Hall–Kier alpha value is -0.960. The molecule has 1 heterocycles. The zero-order valence-electron chi connectivity index (χ0n) is 9.97. The molecule has 2 N–H and O–H groups in total. The van der Waals surface area contributed by atoms with Crippen molar-refractivity contribution in [1.82, 2.24) is 5.32 Å². The summed E-state index contributed by atoms with van der Waals surface area (Å²) in [6.07, 6.45) is 1.22. The molecule has 1 aliphatic rings. The summed E-state index contributed by atoms with van der Waals surface area (Å²) in [7, 11) is 0. The minimum Gasteiger partial charge on any atom is -0.269 e. The number of amidine groups is 1. The summed E-state index contributed by atoms with van der Waals surface area (Å²) >= 11 is 1.86. The van der Waals surface area contributed by atoms with Crippen LogP contribution in [0.25, 0.3) is 0 Å². The molecule has 1 aliphatic heterocycles. The lowest BCUT2D eigenvalue weighted by Gasteiger charge is -2.08. The van der Waals surface area contributed by atoms with Crippen LogP contribution in [-0.4, -0.2) is 18.3 Å². The summed E-state index contributed by atoms with van der Waals surface area (Å²) in [4.78, 5) is 3.38. The summed E-state index contributed by atoms with van der Waals surface area (Å²) in [5.74, 6) is 1.04. The van der Waals surface area contributed by atoms with Crippen molar-refractivity contribution < 1.29 is 4.99 Å². The number of thioether (sulfide) groups is 1. The summed E-state index contributed by atoms with van der Waals surface area (Å²) in [5, 5.41) is 4.61. The van der Waals surface area contributed by atoms with E-state index in [2.05, 4.69) is 42.4 Å². The van der Waals surface area contributed by atoms with E-state index in [0.717, 1.165) is 18.8 Å². The van der Waals surface area contributed by atoms with E-state index >= 15 is 0 Å². The first-order valence-corrected chi connectivity index (χ1v) is 6.78. The molecule has 2 rings (SSSR count). The van der Waals surface area contributed by atoms with E-state index in [-0.39, 0.29) is 0 Å². The van der Waals surface area contributed by atoms with E-state index < -0.39 is 0 Å². The number of benzene rings is 1. The zero-order valence-corrected chi connectivity index (χ0v) is 10.8. The van der Waals surface area contributed by atoms with Gasteiger partial charge in [-0.2, -0.15) is 0 Å². The van der Waals surface area contributed by atoms with Gasteiger partial charge in [-0.15, -0.1) is 0 Å². The van der Waals surface area contributed by atoms with E-state index in [0.29, 0.717) is 0 Å². The third-order valence-corrected chi connectivity index (χ3v) is 3.93. The maximum atomic E-state index is 3.38. The van der Waals surface area contributed by atoms with Gasteiger partial charge in [0.05, 0.1) is 13.1 Å². The molecule has 0 amide bonds. The molecule has 0 radical (unpaired) electrons. The van der Waals surface area contributed by atoms with E-state index in [4.69, 9.17) is 0 Å². The van der Waals surface area contributed by atoms with Crippen molar-refractivity contribution in [2.24, 2.45) is 0 Å². The van der Waals surface area contributed by atoms with E-state index in [1.165, 1.54) is 28.3 Å². The molecule has 1 aromatic carbocycles. The maximum absolute atomic E-state index is 3.38. The van der Waals surface area contributed by atoms with Crippen LogP contribution in [0, 0.1) is 13.8 Å². The Kier molecular flexibility index (Phi) is 3.88. The lowest BCUT2D eigenvalue weighted by molar-refractivity contribution is -0.460. The van der Waals surface area contributed by atoms with Crippen LogP contribution >= 0.6 is 11.8 Å². The van der Waals surface area contributed by atoms with Gasteiger partial charge in [0.25, 0.3) is 0 Å². The van der Waals surface area contributed by atoms with Gasteiger partial charge >= 0.3 is 5.17 Å². The Morgan fingerprint density at radius 3 is 2.88 bits per heavy atom. The van der Waals surface area contributed by atoms with Crippen LogP contribution in [-0.2, 0) is 5.75 Å². The first-order chi connectivity index (χ1) is 7.75. The summed E-state index contributed by atoms with van der Waals surface area (Å²) < 4.78 is 0. The number of hydrogen-bond acceptors (Lipinski definition) is 2. The highest BCUT2D eigenvalue weighted by Crippen LogP contribution is 2.15. The minimum absolute atomic E-state index is 1.04. The smallest absolute Gasteiger partial charge is 0.269 e. The summed E-state index contributed by atoms with van der Waals surface area (Å²) in [5.41, 5.74) is 4.15. The van der Waals surface area contributed by atoms with Crippen molar-refractivity contribution in [3.63, 3.8) is 0 Å². The molecular formula is C13H19N2S+. The van der Waals surface area contributed by atoms with Crippen LogP contribution in [0.4, 0.5) is 0 Å². The molecule has 86 valence electrons. The molecule has 2 nitrogen and oxygen atoms in total. The molecule has 0 saturated heterocycles. The molecule has 0 fully saturated rings. The Balaban J connectivity index is 1.94. The summed E-state index contributed by atoms with van der Waals surface area (Å²) in [6, 6.07) is 6.71. The molecule has 3 heteroatoms. The molecule has 0 aromatic heterocycles. The molecule has 1 aromatic rings. The van der Waals surface area contributed by atoms with E-state index in [1.807, 2.05) is 11.8 Å². The molecule has 0 saturated carbocycles. The maximum Gasteiger partial charge on any atom is 0.304 e. The number of hydrogen-bond donors (Lipinski definition) is 2. The lowest BCUT2D eigenvalue weighted by Crippen LogP contribution is -2.78. The van der Waals surface area contributed by atoms with Crippen molar-refractivity contribution in [3.05, 3.63) is 34.9 Å². The van der Waals surface area contributed by atoms with Gasteiger partial charge in [-0.1, -0.05) is 18.2 Å². The van der Waals surface area contributed by atoms with Crippen LogP contribution in [0.5, 0.6) is 0 Å². The standard InChI is InChI=1S/C13H18N2S/c1-10-4-5-12(8-11(10)2)9-16-13-14-6-3-7-15-13/h4-5,8H,3,6-7,9H2,1-2H3,(H,14,15)/p+1. The fourth-order valence-electron chi connectivity index (χ4n) is 1.71. The normalized spacial score (nSPS) is 15.5. The molecule has 0 aliphatic carbocycles. The van der Waals surface area contributed by atoms with E-state index in [9.17, 15) is 0 Å². The van der Waals surface area contributed by atoms with Crippen LogP contribution in [0.3, 0.4) is 0 Å².